The molecule has 0 saturated heterocycles. The van der Waals surface area contributed by atoms with E-state index < -0.39 is 15.8 Å². The molecule has 0 bridgehead atoms. The maximum Gasteiger partial charge on any atom is 0.244 e. The van der Waals surface area contributed by atoms with Crippen LogP contribution in [0.5, 0.6) is 0 Å². The Morgan fingerprint density at radius 1 is 1.15 bits per heavy atom. The first-order valence-corrected chi connectivity index (χ1v) is 7.55. The zero-order valence-corrected chi connectivity index (χ0v) is 11.9. The average molecular weight is 315 g/mol. The third kappa shape index (κ3) is 3.09. The second-order valence-corrected chi connectivity index (χ2v) is 6.19. The largest absolute Gasteiger partial charge is 0.398 e. The molecular weight excluding hydrogens is 303 g/mol. The smallest absolute Gasteiger partial charge is 0.244 e. The summed E-state index contributed by atoms with van der Waals surface area (Å²) >= 11 is 5.85. The molecule has 0 amide bonds. The summed E-state index contributed by atoms with van der Waals surface area (Å²) in [5.74, 6) is -0.484. The number of benzene rings is 2. The lowest BCUT2D eigenvalue weighted by Crippen LogP contribution is -2.25. The van der Waals surface area contributed by atoms with Crippen molar-refractivity contribution in [1.29, 1.82) is 0 Å². The molecule has 7 heteroatoms. The fraction of sp³-hybridized carbons (Fsp3) is 0.0769. The van der Waals surface area contributed by atoms with Gasteiger partial charge in [-0.15, -0.1) is 0 Å². The van der Waals surface area contributed by atoms with Gasteiger partial charge in [-0.3, -0.25) is 0 Å². The van der Waals surface area contributed by atoms with Crippen molar-refractivity contribution >= 4 is 27.3 Å². The summed E-state index contributed by atoms with van der Waals surface area (Å²) in [4.78, 5) is -0.196. The molecule has 2 rings (SSSR count). The number of nitrogens with two attached hydrogens (primary N) is 1. The molecule has 106 valence electrons. The van der Waals surface area contributed by atoms with E-state index in [0.29, 0.717) is 0 Å². The molecule has 2 aromatic rings. The highest BCUT2D eigenvalue weighted by Crippen LogP contribution is 2.27. The third-order valence-corrected chi connectivity index (χ3v) is 4.62. The zero-order valence-electron chi connectivity index (χ0n) is 10.3. The second-order valence-electron chi connectivity index (χ2n) is 4.07. The van der Waals surface area contributed by atoms with E-state index in [0.717, 1.165) is 0 Å². The molecule has 0 unspecified atom stereocenters. The van der Waals surface area contributed by atoms with Crippen LogP contribution in [0, 0.1) is 5.82 Å². The Labute approximate surface area is 121 Å². The average Bonchev–Trinajstić information content (AvgIpc) is 2.37. The summed E-state index contributed by atoms with van der Waals surface area (Å²) in [6.07, 6.45) is 0. The van der Waals surface area contributed by atoms with Gasteiger partial charge < -0.3 is 5.73 Å². The van der Waals surface area contributed by atoms with Gasteiger partial charge in [-0.25, -0.2) is 17.5 Å². The minimum absolute atomic E-state index is 0.0195. The SMILES string of the molecule is Nc1cccc(Cl)c1S(=O)(=O)NCc1ccccc1F. The molecule has 20 heavy (non-hydrogen) atoms. The number of halogens is 2. The van der Waals surface area contributed by atoms with Crippen LogP contribution in [0.1, 0.15) is 5.56 Å². The Kier molecular flexibility index (Phi) is 4.27. The minimum Gasteiger partial charge on any atom is -0.398 e. The van der Waals surface area contributed by atoms with Crippen molar-refractivity contribution in [3.63, 3.8) is 0 Å². The van der Waals surface area contributed by atoms with Gasteiger partial charge in [0.1, 0.15) is 10.7 Å². The standard InChI is InChI=1S/C13H12ClFN2O2S/c14-10-5-3-7-12(16)13(10)20(18,19)17-8-9-4-1-2-6-11(9)15/h1-7,17H,8,16H2. The summed E-state index contributed by atoms with van der Waals surface area (Å²) in [5, 5.41) is 0.0195. The highest BCUT2D eigenvalue weighted by molar-refractivity contribution is 7.89. The molecule has 0 aliphatic carbocycles. The van der Waals surface area contributed by atoms with Gasteiger partial charge in [0.05, 0.1) is 10.7 Å². The monoisotopic (exact) mass is 314 g/mol. The van der Waals surface area contributed by atoms with Gasteiger partial charge in [0.25, 0.3) is 0 Å². The lowest BCUT2D eigenvalue weighted by atomic mass is 10.2. The van der Waals surface area contributed by atoms with E-state index in [2.05, 4.69) is 4.72 Å². The Balaban J connectivity index is 2.27. The third-order valence-electron chi connectivity index (χ3n) is 2.68. The quantitative estimate of drug-likeness (QED) is 0.852. The Bertz CT molecular complexity index is 715. The first kappa shape index (κ1) is 14.8. The predicted octanol–water partition coefficient (Wildman–Crippen LogP) is 2.54. The Morgan fingerprint density at radius 2 is 1.85 bits per heavy atom. The molecule has 0 radical (unpaired) electrons. The first-order valence-electron chi connectivity index (χ1n) is 5.69. The normalized spacial score (nSPS) is 11.5. The van der Waals surface area contributed by atoms with Crippen LogP contribution in [0.15, 0.2) is 47.4 Å². The van der Waals surface area contributed by atoms with Gasteiger partial charge in [0.15, 0.2) is 0 Å². The van der Waals surface area contributed by atoms with E-state index in [4.69, 9.17) is 17.3 Å². The highest BCUT2D eigenvalue weighted by Gasteiger charge is 2.21. The minimum atomic E-state index is -3.91. The van der Waals surface area contributed by atoms with E-state index in [1.165, 1.54) is 30.3 Å². The molecule has 0 aliphatic rings. The van der Waals surface area contributed by atoms with Crippen molar-refractivity contribution in [2.75, 3.05) is 5.73 Å². The number of anilines is 1. The molecule has 3 N–H and O–H groups in total. The van der Waals surface area contributed by atoms with Crippen LogP contribution in [0.25, 0.3) is 0 Å². The van der Waals surface area contributed by atoms with Crippen LogP contribution in [0.3, 0.4) is 0 Å². The number of sulfonamides is 1. The first-order chi connectivity index (χ1) is 9.42. The molecule has 0 heterocycles. The summed E-state index contributed by atoms with van der Waals surface area (Å²) < 4.78 is 40.0. The Hall–Kier alpha value is -1.63. The van der Waals surface area contributed by atoms with E-state index in [1.807, 2.05) is 0 Å². The molecule has 0 aromatic heterocycles. The number of nitrogen functional groups attached to an aromatic ring is 1. The van der Waals surface area contributed by atoms with Crippen LogP contribution < -0.4 is 10.5 Å². The van der Waals surface area contributed by atoms with Crippen LogP contribution in [0.4, 0.5) is 10.1 Å². The van der Waals surface area contributed by atoms with Crippen molar-refractivity contribution in [3.8, 4) is 0 Å². The predicted molar refractivity (Wildman–Crippen MR) is 76.3 cm³/mol. The fourth-order valence-electron chi connectivity index (χ4n) is 1.70. The maximum absolute atomic E-state index is 13.4. The van der Waals surface area contributed by atoms with Gasteiger partial charge >= 0.3 is 0 Å². The topological polar surface area (TPSA) is 72.2 Å². The molecule has 4 nitrogen and oxygen atoms in total. The maximum atomic E-state index is 13.4. The van der Waals surface area contributed by atoms with Gasteiger partial charge in [-0.1, -0.05) is 35.9 Å². The summed E-state index contributed by atoms with van der Waals surface area (Å²) in [6.45, 7) is -0.181. The molecule has 0 atom stereocenters. The van der Waals surface area contributed by atoms with E-state index in [1.54, 1.807) is 12.1 Å². The van der Waals surface area contributed by atoms with Crippen LogP contribution in [-0.4, -0.2) is 8.42 Å². The van der Waals surface area contributed by atoms with E-state index in [-0.39, 0.29) is 27.7 Å². The van der Waals surface area contributed by atoms with Crippen LogP contribution >= 0.6 is 11.6 Å². The summed E-state index contributed by atoms with van der Waals surface area (Å²) in [5.41, 5.74) is 5.91. The number of hydrogen-bond acceptors (Lipinski definition) is 3. The van der Waals surface area contributed by atoms with Crippen molar-refractivity contribution in [1.82, 2.24) is 4.72 Å². The molecule has 2 aromatic carbocycles. The lowest BCUT2D eigenvalue weighted by molar-refractivity contribution is 0.575. The van der Waals surface area contributed by atoms with Crippen LogP contribution in [0.2, 0.25) is 5.02 Å². The molecular formula is C13H12ClFN2O2S. The number of nitrogens with one attached hydrogen (secondary N) is 1. The van der Waals surface area contributed by atoms with Crippen molar-refractivity contribution in [2.24, 2.45) is 0 Å². The van der Waals surface area contributed by atoms with Crippen LogP contribution in [-0.2, 0) is 16.6 Å². The fourth-order valence-corrected chi connectivity index (χ4v) is 3.38. The van der Waals surface area contributed by atoms with Crippen molar-refractivity contribution in [2.45, 2.75) is 11.4 Å². The number of hydrogen-bond donors (Lipinski definition) is 2. The second kappa shape index (κ2) is 5.78. The van der Waals surface area contributed by atoms with Gasteiger partial charge in [-0.05, 0) is 18.2 Å². The van der Waals surface area contributed by atoms with Gasteiger partial charge in [0, 0.05) is 12.1 Å². The molecule has 0 spiro atoms. The summed E-state index contributed by atoms with van der Waals surface area (Å²) in [7, 11) is -3.91. The van der Waals surface area contributed by atoms with Crippen molar-refractivity contribution in [3.05, 3.63) is 58.9 Å². The van der Waals surface area contributed by atoms with E-state index >= 15 is 0 Å². The molecule has 0 aliphatic heterocycles. The van der Waals surface area contributed by atoms with Crippen molar-refractivity contribution < 1.29 is 12.8 Å². The zero-order chi connectivity index (χ0) is 14.8. The summed E-state index contributed by atoms with van der Waals surface area (Å²) in [6, 6.07) is 10.3. The highest BCUT2D eigenvalue weighted by atomic mass is 35.5. The lowest BCUT2D eigenvalue weighted by Gasteiger charge is -2.11. The van der Waals surface area contributed by atoms with Gasteiger partial charge in [0.2, 0.25) is 10.0 Å². The van der Waals surface area contributed by atoms with E-state index in [9.17, 15) is 12.8 Å². The molecule has 0 saturated carbocycles. The van der Waals surface area contributed by atoms with Gasteiger partial charge in [-0.2, -0.15) is 0 Å². The Morgan fingerprint density at radius 3 is 2.50 bits per heavy atom. The molecule has 0 fully saturated rings. The number of rotatable bonds is 4.